The van der Waals surface area contributed by atoms with Gasteiger partial charge in [0.1, 0.15) is 0 Å². The molecule has 4 nitrogen and oxygen atoms in total. The third kappa shape index (κ3) is 2.60. The molecule has 0 bridgehead atoms. The largest absolute Gasteiger partial charge is 0.298 e. The van der Waals surface area contributed by atoms with Crippen LogP contribution < -0.4 is 0 Å². The van der Waals surface area contributed by atoms with Crippen LogP contribution in [0.25, 0.3) is 0 Å². The second-order valence-electron chi connectivity index (χ2n) is 4.13. The van der Waals surface area contributed by atoms with Crippen molar-refractivity contribution in [3.8, 4) is 12.1 Å². The maximum atomic E-state index is 8.73. The molecule has 0 aliphatic carbocycles. The monoisotopic (exact) mass is 258 g/mol. The fourth-order valence-corrected chi connectivity index (χ4v) is 1.71. The van der Waals surface area contributed by atoms with Crippen LogP contribution in [0.15, 0.2) is 48.5 Å². The van der Waals surface area contributed by atoms with Gasteiger partial charge in [0, 0.05) is 11.1 Å². The molecule has 0 amide bonds. The van der Waals surface area contributed by atoms with Gasteiger partial charge in [-0.05, 0) is 24.3 Å². The maximum absolute atomic E-state index is 8.73. The molecule has 2 N–H and O–H groups in total. The van der Waals surface area contributed by atoms with Gasteiger partial charge in [-0.1, -0.05) is 24.3 Å². The van der Waals surface area contributed by atoms with Crippen molar-refractivity contribution in [2.24, 2.45) is 0 Å². The van der Waals surface area contributed by atoms with Crippen LogP contribution in [0.1, 0.15) is 22.3 Å². The topological polar surface area (TPSA) is 95.3 Å². The molecule has 0 atom stereocenters. The molecule has 0 spiro atoms. The summed E-state index contributed by atoms with van der Waals surface area (Å²) in [6.45, 7) is 0. The van der Waals surface area contributed by atoms with Crippen LogP contribution in [0.3, 0.4) is 0 Å². The summed E-state index contributed by atoms with van der Waals surface area (Å²) in [5.41, 5.74) is 2.37. The van der Waals surface area contributed by atoms with Gasteiger partial charge in [0.2, 0.25) is 0 Å². The van der Waals surface area contributed by atoms with E-state index in [9.17, 15) is 0 Å². The second kappa shape index (κ2) is 5.60. The van der Waals surface area contributed by atoms with E-state index in [4.69, 9.17) is 21.3 Å². The lowest BCUT2D eigenvalue weighted by molar-refractivity contribution is 1.43. The molecule has 0 fully saturated rings. The minimum Gasteiger partial charge on any atom is -0.298 e. The fraction of sp³-hybridized carbons (Fsp3) is 0. The molecule has 0 aliphatic heterocycles. The molecule has 2 aromatic carbocycles. The van der Waals surface area contributed by atoms with Crippen LogP contribution in [-0.4, -0.2) is 11.4 Å². The lowest BCUT2D eigenvalue weighted by Crippen LogP contribution is -2.14. The first-order valence-electron chi connectivity index (χ1n) is 5.84. The molecule has 0 unspecified atom stereocenters. The van der Waals surface area contributed by atoms with Gasteiger partial charge in [0.15, 0.2) is 0 Å². The van der Waals surface area contributed by atoms with Crippen LogP contribution in [0, 0.1) is 33.5 Å². The number of hydrogen-bond acceptors (Lipinski definition) is 4. The van der Waals surface area contributed by atoms with Crippen molar-refractivity contribution in [1.29, 1.82) is 21.3 Å². The Morgan fingerprint density at radius 1 is 0.650 bits per heavy atom. The normalized spacial score (nSPS) is 9.30. The molecule has 94 valence electrons. The van der Waals surface area contributed by atoms with Gasteiger partial charge >= 0.3 is 0 Å². The van der Waals surface area contributed by atoms with Crippen LogP contribution in [0.4, 0.5) is 0 Å². The highest BCUT2D eigenvalue weighted by Crippen LogP contribution is 2.10. The highest BCUT2D eigenvalue weighted by atomic mass is 14.5. The van der Waals surface area contributed by atoms with E-state index in [2.05, 4.69) is 0 Å². The molecule has 0 saturated carbocycles. The van der Waals surface area contributed by atoms with Gasteiger partial charge in [-0.15, -0.1) is 0 Å². The summed E-state index contributed by atoms with van der Waals surface area (Å²) in [7, 11) is 0. The fourth-order valence-electron chi connectivity index (χ4n) is 1.71. The summed E-state index contributed by atoms with van der Waals surface area (Å²) in [6.07, 6.45) is 0. The summed E-state index contributed by atoms with van der Waals surface area (Å²) in [5.74, 6) is 0. The van der Waals surface area contributed by atoms with Crippen molar-refractivity contribution < 1.29 is 0 Å². The SMILES string of the molecule is N#Cc1ccc(C(=N)C(=N)c2ccc(C#N)cc2)cc1. The summed E-state index contributed by atoms with van der Waals surface area (Å²) < 4.78 is 0. The van der Waals surface area contributed by atoms with E-state index >= 15 is 0 Å². The number of nitriles is 2. The Morgan fingerprint density at radius 3 is 1.20 bits per heavy atom. The zero-order valence-electron chi connectivity index (χ0n) is 10.5. The van der Waals surface area contributed by atoms with Gasteiger partial charge < -0.3 is 0 Å². The quantitative estimate of drug-likeness (QED) is 0.828. The lowest BCUT2D eigenvalue weighted by atomic mass is 9.98. The standard InChI is InChI=1S/C16H10N4/c17-9-11-1-5-13(6-2-11)15(19)16(20)14-7-3-12(10-18)4-8-14/h1-8,19-20H. The molecule has 4 heteroatoms. The number of nitrogens with zero attached hydrogens (tertiary/aromatic N) is 2. The molecule has 0 aliphatic rings. The van der Waals surface area contributed by atoms with Crippen molar-refractivity contribution >= 4 is 11.4 Å². The molecule has 0 saturated heterocycles. The average molecular weight is 258 g/mol. The summed E-state index contributed by atoms with van der Waals surface area (Å²) >= 11 is 0. The van der Waals surface area contributed by atoms with Gasteiger partial charge in [0.25, 0.3) is 0 Å². The Bertz CT molecular complexity index is 674. The van der Waals surface area contributed by atoms with Gasteiger partial charge in [-0.3, -0.25) is 10.8 Å². The molecule has 0 aromatic heterocycles. The molecule has 20 heavy (non-hydrogen) atoms. The van der Waals surface area contributed by atoms with E-state index in [1.54, 1.807) is 48.5 Å². The number of hydrogen-bond donors (Lipinski definition) is 2. The molecule has 2 rings (SSSR count). The van der Waals surface area contributed by atoms with Crippen molar-refractivity contribution in [3.05, 3.63) is 70.8 Å². The molecule has 0 heterocycles. The minimum atomic E-state index is 0.0826. The van der Waals surface area contributed by atoms with E-state index < -0.39 is 0 Å². The highest BCUT2D eigenvalue weighted by molar-refractivity contribution is 6.51. The first-order chi connectivity index (χ1) is 9.65. The minimum absolute atomic E-state index is 0.0826. The third-order valence-electron chi connectivity index (χ3n) is 2.86. The lowest BCUT2D eigenvalue weighted by Gasteiger charge is -2.06. The molecule has 2 aromatic rings. The average Bonchev–Trinajstić information content (AvgIpc) is 2.53. The van der Waals surface area contributed by atoms with E-state index in [0.29, 0.717) is 22.3 Å². The molecular formula is C16H10N4. The smallest absolute Gasteiger partial charge is 0.0991 e. The van der Waals surface area contributed by atoms with Crippen molar-refractivity contribution in [3.63, 3.8) is 0 Å². The van der Waals surface area contributed by atoms with Crippen molar-refractivity contribution in [1.82, 2.24) is 0 Å². The highest BCUT2D eigenvalue weighted by Gasteiger charge is 2.10. The van der Waals surface area contributed by atoms with Crippen LogP contribution >= 0.6 is 0 Å². The van der Waals surface area contributed by atoms with Gasteiger partial charge in [0.05, 0.1) is 34.7 Å². The Kier molecular flexibility index (Phi) is 3.70. The van der Waals surface area contributed by atoms with Gasteiger partial charge in [-0.25, -0.2) is 0 Å². The predicted molar refractivity (Wildman–Crippen MR) is 76.0 cm³/mol. The van der Waals surface area contributed by atoms with Crippen LogP contribution in [0.5, 0.6) is 0 Å². The number of nitrogens with one attached hydrogen (secondary N) is 2. The Morgan fingerprint density at radius 2 is 0.950 bits per heavy atom. The van der Waals surface area contributed by atoms with E-state index in [-0.39, 0.29) is 11.4 Å². The summed E-state index contributed by atoms with van der Waals surface area (Å²) in [5, 5.41) is 33.5. The maximum Gasteiger partial charge on any atom is 0.0991 e. The summed E-state index contributed by atoms with van der Waals surface area (Å²) in [4.78, 5) is 0. The first kappa shape index (κ1) is 13.2. The zero-order valence-corrected chi connectivity index (χ0v) is 10.5. The Hall–Kier alpha value is -3.24. The van der Waals surface area contributed by atoms with Crippen molar-refractivity contribution in [2.75, 3.05) is 0 Å². The Labute approximate surface area is 116 Å². The van der Waals surface area contributed by atoms with E-state index in [1.807, 2.05) is 12.1 Å². The van der Waals surface area contributed by atoms with E-state index in [1.165, 1.54) is 0 Å². The molecular weight excluding hydrogens is 248 g/mol. The number of rotatable bonds is 3. The van der Waals surface area contributed by atoms with Crippen LogP contribution in [0.2, 0.25) is 0 Å². The second-order valence-corrected chi connectivity index (χ2v) is 4.13. The van der Waals surface area contributed by atoms with Crippen LogP contribution in [-0.2, 0) is 0 Å². The first-order valence-corrected chi connectivity index (χ1v) is 5.84. The zero-order chi connectivity index (χ0) is 14.5. The summed E-state index contributed by atoms with van der Waals surface area (Å²) in [6, 6.07) is 17.1. The predicted octanol–water partition coefficient (Wildman–Crippen LogP) is 2.87. The van der Waals surface area contributed by atoms with Crippen molar-refractivity contribution in [2.45, 2.75) is 0 Å². The third-order valence-corrected chi connectivity index (χ3v) is 2.86. The number of benzene rings is 2. The van der Waals surface area contributed by atoms with E-state index in [0.717, 1.165) is 0 Å². The van der Waals surface area contributed by atoms with Gasteiger partial charge in [-0.2, -0.15) is 10.5 Å². The molecule has 0 radical (unpaired) electrons. The Balaban J connectivity index is 2.25.